The predicted octanol–water partition coefficient (Wildman–Crippen LogP) is -0.0708. The summed E-state index contributed by atoms with van der Waals surface area (Å²) in [6.07, 6.45) is -1.10. The van der Waals surface area contributed by atoms with E-state index in [1.165, 1.54) is 25.1 Å². The Morgan fingerprint density at radius 2 is 2.00 bits per heavy atom. The van der Waals surface area contributed by atoms with Gasteiger partial charge < -0.3 is 21.3 Å². The highest BCUT2D eigenvalue weighted by Gasteiger charge is 2.21. The van der Waals surface area contributed by atoms with Crippen LogP contribution < -0.4 is 21.5 Å². The number of primary amides is 1. The number of imide groups is 1. The van der Waals surface area contributed by atoms with Gasteiger partial charge in [0.1, 0.15) is 11.3 Å². The Bertz CT molecular complexity index is 529. The first kappa shape index (κ1) is 14.3. The average molecular weight is 267 g/mol. The highest BCUT2D eigenvalue weighted by atomic mass is 16.5. The van der Waals surface area contributed by atoms with Crippen LogP contribution in [0.3, 0.4) is 0 Å². The minimum Gasteiger partial charge on any atom is -0.480 e. The third-order valence-corrected chi connectivity index (χ3v) is 2.19. The molecule has 1 aromatic rings. The Hall–Kier alpha value is -2.77. The molecule has 0 aromatic heterocycles. The number of hydrogen-bond acceptors (Lipinski definition) is 5. The summed E-state index contributed by atoms with van der Waals surface area (Å²) in [6.45, 7) is 1.34. The lowest BCUT2D eigenvalue weighted by molar-refractivity contribution is -0.126. The Morgan fingerprint density at radius 3 is 2.53 bits per heavy atom. The predicted molar refractivity (Wildman–Crippen MR) is 65.6 cm³/mol. The number of ether oxygens (including phenoxy) is 1. The summed E-state index contributed by atoms with van der Waals surface area (Å²) in [7, 11) is 0. The first-order valence-corrected chi connectivity index (χ1v) is 5.21. The fourth-order valence-electron chi connectivity index (χ4n) is 1.34. The Morgan fingerprint density at radius 1 is 1.37 bits per heavy atom. The van der Waals surface area contributed by atoms with Gasteiger partial charge in [-0.2, -0.15) is 0 Å². The number of nitrogens with two attached hydrogens (primary N) is 2. The van der Waals surface area contributed by atoms with E-state index >= 15 is 0 Å². The van der Waals surface area contributed by atoms with Gasteiger partial charge in [-0.15, -0.1) is 0 Å². The molecule has 0 heterocycles. The van der Waals surface area contributed by atoms with Crippen LogP contribution in [-0.2, 0) is 4.79 Å². The summed E-state index contributed by atoms with van der Waals surface area (Å²) >= 11 is 0. The van der Waals surface area contributed by atoms with E-state index in [1.54, 1.807) is 0 Å². The van der Waals surface area contributed by atoms with Gasteiger partial charge in [-0.3, -0.25) is 10.1 Å². The van der Waals surface area contributed by atoms with Crippen LogP contribution in [0.15, 0.2) is 18.2 Å². The largest absolute Gasteiger partial charge is 0.480 e. The minimum atomic E-state index is -1.28. The van der Waals surface area contributed by atoms with Crippen molar-refractivity contribution in [3.8, 4) is 5.75 Å². The maximum absolute atomic E-state index is 11.4. The van der Waals surface area contributed by atoms with E-state index in [-0.39, 0.29) is 17.0 Å². The molecule has 8 nitrogen and oxygen atoms in total. The molecule has 0 aliphatic rings. The first-order chi connectivity index (χ1) is 8.82. The molecule has 0 radical (unpaired) electrons. The third kappa shape index (κ3) is 3.60. The number of nitrogens with one attached hydrogen (secondary N) is 1. The molecule has 6 N–H and O–H groups in total. The van der Waals surface area contributed by atoms with Crippen LogP contribution in [0.25, 0.3) is 0 Å². The highest BCUT2D eigenvalue weighted by molar-refractivity contribution is 5.98. The van der Waals surface area contributed by atoms with Crippen molar-refractivity contribution in [1.29, 1.82) is 0 Å². The number of carbonyl (C=O) groups excluding carboxylic acids is 2. The van der Waals surface area contributed by atoms with Crippen molar-refractivity contribution in [3.63, 3.8) is 0 Å². The van der Waals surface area contributed by atoms with Crippen LogP contribution in [0.5, 0.6) is 5.75 Å². The Balaban J connectivity index is 2.94. The van der Waals surface area contributed by atoms with Gasteiger partial charge >= 0.3 is 12.0 Å². The van der Waals surface area contributed by atoms with Crippen molar-refractivity contribution in [2.75, 3.05) is 5.73 Å². The van der Waals surface area contributed by atoms with E-state index in [4.69, 9.17) is 21.3 Å². The van der Waals surface area contributed by atoms with Gasteiger partial charge in [-0.05, 0) is 19.1 Å². The number of anilines is 1. The van der Waals surface area contributed by atoms with Crippen molar-refractivity contribution in [2.24, 2.45) is 5.73 Å². The van der Waals surface area contributed by atoms with Crippen molar-refractivity contribution in [3.05, 3.63) is 23.8 Å². The van der Waals surface area contributed by atoms with Crippen LogP contribution in [0.1, 0.15) is 17.3 Å². The minimum absolute atomic E-state index is 0.00695. The number of amides is 3. The number of hydrogen-bond donors (Lipinski definition) is 4. The summed E-state index contributed by atoms with van der Waals surface area (Å²) in [5.41, 5.74) is 10.1. The van der Waals surface area contributed by atoms with E-state index < -0.39 is 24.0 Å². The Kier molecular flexibility index (Phi) is 4.30. The lowest BCUT2D eigenvalue weighted by atomic mass is 10.1. The molecule has 0 fully saturated rings. The number of nitrogen functional groups attached to an aromatic ring is 1. The summed E-state index contributed by atoms with van der Waals surface area (Å²) < 4.78 is 5.17. The third-order valence-electron chi connectivity index (χ3n) is 2.19. The number of aromatic carboxylic acids is 1. The monoisotopic (exact) mass is 267 g/mol. The fourth-order valence-corrected chi connectivity index (χ4v) is 1.34. The zero-order chi connectivity index (χ0) is 14.6. The zero-order valence-electron chi connectivity index (χ0n) is 10.0. The second-order valence-electron chi connectivity index (χ2n) is 3.64. The van der Waals surface area contributed by atoms with E-state index in [2.05, 4.69) is 0 Å². The molecule has 102 valence electrons. The van der Waals surface area contributed by atoms with E-state index in [0.29, 0.717) is 0 Å². The lowest BCUT2D eigenvalue weighted by Crippen LogP contribution is -2.42. The molecule has 0 saturated heterocycles. The van der Waals surface area contributed by atoms with E-state index in [1.807, 2.05) is 5.32 Å². The van der Waals surface area contributed by atoms with Gasteiger partial charge in [0.25, 0.3) is 5.91 Å². The number of carboxylic acid groups (broad SMARTS) is 1. The number of carboxylic acids is 1. The molecule has 3 amide bonds. The first-order valence-electron chi connectivity index (χ1n) is 5.21. The van der Waals surface area contributed by atoms with Crippen LogP contribution in [-0.4, -0.2) is 29.1 Å². The zero-order valence-corrected chi connectivity index (χ0v) is 10.0. The van der Waals surface area contributed by atoms with Crippen molar-refractivity contribution in [2.45, 2.75) is 13.0 Å². The lowest BCUT2D eigenvalue weighted by Gasteiger charge is -2.15. The maximum Gasteiger partial charge on any atom is 0.341 e. The van der Waals surface area contributed by atoms with Gasteiger partial charge in [0.15, 0.2) is 6.10 Å². The van der Waals surface area contributed by atoms with Crippen LogP contribution in [0.2, 0.25) is 0 Å². The topological polar surface area (TPSA) is 145 Å². The molecular formula is C11H13N3O5. The molecule has 8 heteroatoms. The SMILES string of the molecule is CC(Oc1cccc(N)c1C(=O)O)C(=O)NC(N)=O. The van der Waals surface area contributed by atoms with Gasteiger partial charge in [-0.25, -0.2) is 9.59 Å². The molecule has 0 spiro atoms. The van der Waals surface area contributed by atoms with Crippen molar-refractivity contribution < 1.29 is 24.2 Å². The molecule has 1 atom stereocenters. The van der Waals surface area contributed by atoms with Gasteiger partial charge in [0.05, 0.1) is 0 Å². The summed E-state index contributed by atoms with van der Waals surface area (Å²) in [4.78, 5) is 33.0. The summed E-state index contributed by atoms with van der Waals surface area (Å²) in [6, 6.07) is 3.21. The second kappa shape index (κ2) is 5.71. The van der Waals surface area contributed by atoms with Crippen LogP contribution in [0, 0.1) is 0 Å². The second-order valence-corrected chi connectivity index (χ2v) is 3.64. The van der Waals surface area contributed by atoms with Gasteiger partial charge in [0, 0.05) is 5.69 Å². The number of urea groups is 1. The number of rotatable bonds is 4. The highest BCUT2D eigenvalue weighted by Crippen LogP contribution is 2.25. The summed E-state index contributed by atoms with van der Waals surface area (Å²) in [5.74, 6) is -2.14. The van der Waals surface area contributed by atoms with E-state index in [9.17, 15) is 14.4 Å². The van der Waals surface area contributed by atoms with Crippen molar-refractivity contribution in [1.82, 2.24) is 5.32 Å². The number of benzene rings is 1. The molecular weight excluding hydrogens is 254 g/mol. The molecule has 0 aliphatic carbocycles. The number of carbonyl (C=O) groups is 3. The van der Waals surface area contributed by atoms with Crippen LogP contribution in [0.4, 0.5) is 10.5 Å². The fraction of sp³-hybridized carbons (Fsp3) is 0.182. The molecule has 0 aliphatic heterocycles. The molecule has 0 saturated carbocycles. The quantitative estimate of drug-likeness (QED) is 0.562. The Labute approximate surface area is 108 Å². The summed E-state index contributed by atoms with van der Waals surface area (Å²) in [5, 5.41) is 10.8. The molecule has 1 rings (SSSR count). The molecule has 1 aromatic carbocycles. The normalized spacial score (nSPS) is 11.4. The maximum atomic E-state index is 11.4. The molecule has 0 bridgehead atoms. The average Bonchev–Trinajstić information content (AvgIpc) is 2.27. The van der Waals surface area contributed by atoms with E-state index in [0.717, 1.165) is 0 Å². The standard InChI is InChI=1S/C11H13N3O5/c1-5(9(15)14-11(13)18)19-7-4-2-3-6(12)8(7)10(16)17/h2-5H,12H2,1H3,(H,16,17)(H3,13,14,15,18). The van der Waals surface area contributed by atoms with Crippen LogP contribution >= 0.6 is 0 Å². The molecule has 19 heavy (non-hydrogen) atoms. The van der Waals surface area contributed by atoms with Crippen molar-refractivity contribution >= 4 is 23.6 Å². The van der Waals surface area contributed by atoms with Gasteiger partial charge in [0.2, 0.25) is 0 Å². The smallest absolute Gasteiger partial charge is 0.341 e. The molecule has 1 unspecified atom stereocenters. The van der Waals surface area contributed by atoms with Gasteiger partial charge in [-0.1, -0.05) is 6.07 Å².